The summed E-state index contributed by atoms with van der Waals surface area (Å²) in [7, 11) is 1.96. The van der Waals surface area contributed by atoms with Crippen molar-refractivity contribution in [3.63, 3.8) is 0 Å². The fourth-order valence-corrected chi connectivity index (χ4v) is 3.05. The van der Waals surface area contributed by atoms with Crippen LogP contribution in [0.15, 0.2) is 48.7 Å². The molecule has 0 aliphatic carbocycles. The summed E-state index contributed by atoms with van der Waals surface area (Å²) >= 11 is 1.77. The van der Waals surface area contributed by atoms with Crippen molar-refractivity contribution >= 4 is 22.2 Å². The van der Waals surface area contributed by atoms with E-state index in [1.54, 1.807) is 17.5 Å². The second-order valence-corrected chi connectivity index (χ2v) is 5.77. The smallest absolute Gasteiger partial charge is 0.146 e. The van der Waals surface area contributed by atoms with Crippen LogP contribution in [-0.4, -0.2) is 12.0 Å². The molecule has 1 N–H and O–H groups in total. The Morgan fingerprint density at radius 2 is 1.95 bits per heavy atom. The minimum absolute atomic E-state index is 0.587. The van der Waals surface area contributed by atoms with E-state index in [0.29, 0.717) is 6.61 Å². The van der Waals surface area contributed by atoms with E-state index in [-0.39, 0.29) is 0 Å². The molecule has 0 bridgehead atoms. The second kappa shape index (κ2) is 6.03. The van der Waals surface area contributed by atoms with Crippen LogP contribution < -0.4 is 10.1 Å². The first kappa shape index (κ1) is 13.1. The molecule has 3 nitrogen and oxygen atoms in total. The summed E-state index contributed by atoms with van der Waals surface area (Å²) in [5.74, 6) is 0.840. The van der Waals surface area contributed by atoms with Gasteiger partial charge in [-0.1, -0.05) is 18.2 Å². The van der Waals surface area contributed by atoms with Gasteiger partial charge in [-0.05, 0) is 31.3 Å². The van der Waals surface area contributed by atoms with Crippen LogP contribution in [0.3, 0.4) is 0 Å². The minimum atomic E-state index is 0.587. The van der Waals surface area contributed by atoms with Crippen molar-refractivity contribution in [2.75, 3.05) is 7.05 Å². The molecule has 0 amide bonds. The first-order chi connectivity index (χ1) is 9.86. The number of pyridine rings is 1. The number of nitrogens with zero attached hydrogens (tertiary/aromatic N) is 1. The highest BCUT2D eigenvalue weighted by Crippen LogP contribution is 2.25. The van der Waals surface area contributed by atoms with E-state index in [9.17, 15) is 0 Å². The third-order valence-corrected chi connectivity index (χ3v) is 4.09. The maximum Gasteiger partial charge on any atom is 0.146 e. The largest absolute Gasteiger partial charge is 0.486 e. The van der Waals surface area contributed by atoms with Crippen LogP contribution in [0.2, 0.25) is 0 Å². The van der Waals surface area contributed by atoms with Gasteiger partial charge in [0, 0.05) is 27.9 Å². The summed E-state index contributed by atoms with van der Waals surface area (Å²) in [6.07, 6.45) is 1.80. The van der Waals surface area contributed by atoms with Crippen LogP contribution in [0.5, 0.6) is 5.75 Å². The van der Waals surface area contributed by atoms with Gasteiger partial charge in [0.05, 0.1) is 0 Å². The zero-order chi connectivity index (χ0) is 13.8. The third kappa shape index (κ3) is 2.81. The Hall–Kier alpha value is -1.91. The Balaban J connectivity index is 1.76. The lowest BCUT2D eigenvalue weighted by Gasteiger charge is -2.07. The molecule has 0 aliphatic rings. The standard InChI is InChI=1S/C16H16N2OS/c1-17-10-13-7-8-14(20-13)11-19-15-6-2-4-12-5-3-9-18-16(12)15/h2-9,17H,10-11H2,1H3. The molecule has 0 radical (unpaired) electrons. The number of hydrogen-bond acceptors (Lipinski definition) is 4. The number of nitrogens with one attached hydrogen (secondary N) is 1. The summed E-state index contributed by atoms with van der Waals surface area (Å²) in [5.41, 5.74) is 0.919. The van der Waals surface area contributed by atoms with Crippen LogP contribution in [0.1, 0.15) is 9.75 Å². The highest BCUT2D eigenvalue weighted by molar-refractivity contribution is 7.11. The predicted octanol–water partition coefficient (Wildman–Crippen LogP) is 3.59. The molecule has 20 heavy (non-hydrogen) atoms. The lowest BCUT2D eigenvalue weighted by molar-refractivity contribution is 0.313. The molecular formula is C16H16N2OS. The molecule has 0 atom stereocenters. The van der Waals surface area contributed by atoms with Gasteiger partial charge in [-0.15, -0.1) is 11.3 Å². The molecule has 0 spiro atoms. The van der Waals surface area contributed by atoms with Gasteiger partial charge in [-0.2, -0.15) is 0 Å². The molecule has 3 aromatic rings. The number of ether oxygens (including phenoxy) is 1. The molecule has 0 saturated carbocycles. The Morgan fingerprint density at radius 1 is 1.10 bits per heavy atom. The lowest BCUT2D eigenvalue weighted by Crippen LogP contribution is -2.02. The Morgan fingerprint density at radius 3 is 2.85 bits per heavy atom. The van der Waals surface area contributed by atoms with Crippen LogP contribution in [0.25, 0.3) is 10.9 Å². The molecule has 102 valence electrons. The van der Waals surface area contributed by atoms with Crippen molar-refractivity contribution in [1.82, 2.24) is 10.3 Å². The van der Waals surface area contributed by atoms with E-state index < -0.39 is 0 Å². The van der Waals surface area contributed by atoms with Crippen molar-refractivity contribution in [2.45, 2.75) is 13.2 Å². The van der Waals surface area contributed by atoms with Gasteiger partial charge in [-0.3, -0.25) is 4.98 Å². The fourth-order valence-electron chi connectivity index (χ4n) is 2.11. The van der Waals surface area contributed by atoms with Crippen molar-refractivity contribution in [3.8, 4) is 5.75 Å². The number of thiophene rings is 1. The number of benzene rings is 1. The Kier molecular flexibility index (Phi) is 3.95. The molecule has 0 aliphatic heterocycles. The summed E-state index contributed by atoms with van der Waals surface area (Å²) in [6, 6.07) is 14.3. The van der Waals surface area contributed by atoms with E-state index in [2.05, 4.69) is 22.4 Å². The summed E-state index contributed by atoms with van der Waals surface area (Å²) < 4.78 is 5.92. The number of hydrogen-bond donors (Lipinski definition) is 1. The summed E-state index contributed by atoms with van der Waals surface area (Å²) in [5, 5.41) is 4.26. The molecule has 4 heteroatoms. The first-order valence-electron chi connectivity index (χ1n) is 6.55. The van der Waals surface area contributed by atoms with Crippen molar-refractivity contribution < 1.29 is 4.74 Å². The van der Waals surface area contributed by atoms with E-state index in [4.69, 9.17) is 4.74 Å². The molecular weight excluding hydrogens is 268 g/mol. The maximum absolute atomic E-state index is 5.92. The van der Waals surface area contributed by atoms with Gasteiger partial charge in [-0.25, -0.2) is 0 Å². The van der Waals surface area contributed by atoms with E-state index >= 15 is 0 Å². The molecule has 0 unspecified atom stereocenters. The summed E-state index contributed by atoms with van der Waals surface area (Å²) in [4.78, 5) is 6.94. The van der Waals surface area contributed by atoms with Gasteiger partial charge < -0.3 is 10.1 Å². The monoisotopic (exact) mass is 284 g/mol. The Labute approximate surface area is 122 Å². The predicted molar refractivity (Wildman–Crippen MR) is 83.2 cm³/mol. The number of fused-ring (bicyclic) bond motifs is 1. The van der Waals surface area contributed by atoms with Gasteiger partial charge in [0.15, 0.2) is 0 Å². The minimum Gasteiger partial charge on any atom is -0.486 e. The zero-order valence-electron chi connectivity index (χ0n) is 11.3. The SMILES string of the molecule is CNCc1ccc(COc2cccc3cccnc23)s1. The first-order valence-corrected chi connectivity index (χ1v) is 7.37. The highest BCUT2D eigenvalue weighted by atomic mass is 32.1. The van der Waals surface area contributed by atoms with Crippen LogP contribution in [0, 0.1) is 0 Å². The molecule has 2 aromatic heterocycles. The third-order valence-electron chi connectivity index (χ3n) is 3.03. The van der Waals surface area contributed by atoms with Crippen LogP contribution in [-0.2, 0) is 13.2 Å². The average molecular weight is 284 g/mol. The van der Waals surface area contributed by atoms with Gasteiger partial charge in [0.2, 0.25) is 0 Å². The molecule has 3 rings (SSSR count). The molecule has 2 heterocycles. The number of rotatable bonds is 5. The fraction of sp³-hybridized carbons (Fsp3) is 0.188. The van der Waals surface area contributed by atoms with E-state index in [1.807, 2.05) is 37.4 Å². The topological polar surface area (TPSA) is 34.1 Å². The normalized spacial score (nSPS) is 10.8. The van der Waals surface area contributed by atoms with Gasteiger partial charge in [0.25, 0.3) is 0 Å². The quantitative estimate of drug-likeness (QED) is 0.777. The van der Waals surface area contributed by atoms with Gasteiger partial charge in [0.1, 0.15) is 17.9 Å². The maximum atomic E-state index is 5.92. The molecule has 0 fully saturated rings. The van der Waals surface area contributed by atoms with E-state index in [0.717, 1.165) is 23.2 Å². The number of aromatic nitrogens is 1. The lowest BCUT2D eigenvalue weighted by atomic mass is 10.2. The van der Waals surface area contributed by atoms with Crippen molar-refractivity contribution in [2.24, 2.45) is 0 Å². The second-order valence-electron chi connectivity index (χ2n) is 4.52. The average Bonchev–Trinajstić information content (AvgIpc) is 2.93. The van der Waals surface area contributed by atoms with Crippen LogP contribution >= 0.6 is 11.3 Å². The molecule has 0 saturated heterocycles. The molecule has 1 aromatic carbocycles. The van der Waals surface area contributed by atoms with Crippen LogP contribution in [0.4, 0.5) is 0 Å². The van der Waals surface area contributed by atoms with E-state index in [1.165, 1.54) is 9.75 Å². The Bertz CT molecular complexity index is 703. The summed E-state index contributed by atoms with van der Waals surface area (Å²) in [6.45, 7) is 1.49. The van der Waals surface area contributed by atoms with Crippen molar-refractivity contribution in [3.05, 3.63) is 58.4 Å². The zero-order valence-corrected chi connectivity index (χ0v) is 12.1. The van der Waals surface area contributed by atoms with Crippen molar-refractivity contribution in [1.29, 1.82) is 0 Å². The van der Waals surface area contributed by atoms with Gasteiger partial charge >= 0.3 is 0 Å². The number of para-hydroxylation sites is 1. The highest BCUT2D eigenvalue weighted by Gasteiger charge is 2.04.